The predicted octanol–water partition coefficient (Wildman–Crippen LogP) is 2.73. The molecule has 1 atom stereocenters. The molecule has 24 heavy (non-hydrogen) atoms. The molecule has 2 aliphatic heterocycles. The third-order valence-corrected chi connectivity index (χ3v) is 5.64. The van der Waals surface area contributed by atoms with E-state index in [9.17, 15) is 0 Å². The maximum atomic E-state index is 5.75. The number of benzene rings is 1. The van der Waals surface area contributed by atoms with Crippen molar-refractivity contribution in [2.24, 2.45) is 0 Å². The van der Waals surface area contributed by atoms with Gasteiger partial charge in [0, 0.05) is 30.8 Å². The summed E-state index contributed by atoms with van der Waals surface area (Å²) in [5.74, 6) is 1.88. The lowest BCUT2D eigenvalue weighted by Crippen LogP contribution is -2.36. The molecule has 128 valence electrons. The number of fused-ring (bicyclic) bond motifs is 1. The molecule has 2 fully saturated rings. The molecule has 0 amide bonds. The molecule has 2 aromatic rings. The van der Waals surface area contributed by atoms with Crippen LogP contribution >= 0.6 is 11.8 Å². The molecule has 2 saturated heterocycles. The van der Waals surface area contributed by atoms with E-state index in [1.165, 1.54) is 6.42 Å². The fourth-order valence-corrected chi connectivity index (χ4v) is 4.29. The van der Waals surface area contributed by atoms with Gasteiger partial charge in [-0.1, -0.05) is 18.2 Å². The Labute approximate surface area is 146 Å². The first-order valence-corrected chi connectivity index (χ1v) is 9.67. The van der Waals surface area contributed by atoms with Crippen LogP contribution in [0.2, 0.25) is 0 Å². The average molecular weight is 345 g/mol. The Morgan fingerprint density at radius 3 is 2.83 bits per heavy atom. The summed E-state index contributed by atoms with van der Waals surface area (Å²) in [4.78, 5) is 12.0. The van der Waals surface area contributed by atoms with Gasteiger partial charge >= 0.3 is 0 Å². The monoisotopic (exact) mass is 345 g/mol. The van der Waals surface area contributed by atoms with Gasteiger partial charge in [-0.3, -0.25) is 4.90 Å². The van der Waals surface area contributed by atoms with Gasteiger partial charge in [0.2, 0.25) is 0 Å². The molecule has 2 aliphatic rings. The van der Waals surface area contributed by atoms with E-state index >= 15 is 0 Å². The van der Waals surface area contributed by atoms with Crippen LogP contribution in [0.1, 0.15) is 18.7 Å². The number of morpholine rings is 1. The van der Waals surface area contributed by atoms with Crippen molar-refractivity contribution in [3.63, 3.8) is 0 Å². The number of para-hydroxylation sites is 1. The Hall–Kier alpha value is -1.21. The zero-order valence-electron chi connectivity index (χ0n) is 13.8. The van der Waals surface area contributed by atoms with E-state index in [1.807, 2.05) is 6.07 Å². The Morgan fingerprint density at radius 1 is 1.12 bits per heavy atom. The summed E-state index contributed by atoms with van der Waals surface area (Å²) in [6.45, 7) is 5.20. The number of hydrogen-bond acceptors (Lipinski definition) is 6. The van der Waals surface area contributed by atoms with Crippen molar-refractivity contribution in [1.82, 2.24) is 14.9 Å². The molecule has 4 rings (SSSR count). The molecular formula is C18H23N3O2S. The highest BCUT2D eigenvalue weighted by Gasteiger charge is 2.18. The summed E-state index contributed by atoms with van der Waals surface area (Å²) in [6.07, 6.45) is 2.71. The van der Waals surface area contributed by atoms with Gasteiger partial charge in [-0.2, -0.15) is 0 Å². The first kappa shape index (κ1) is 16.3. The maximum absolute atomic E-state index is 5.75. The fraction of sp³-hybridized carbons (Fsp3) is 0.556. The summed E-state index contributed by atoms with van der Waals surface area (Å²) in [6, 6.07) is 8.30. The topological polar surface area (TPSA) is 47.5 Å². The molecule has 5 nitrogen and oxygen atoms in total. The van der Waals surface area contributed by atoms with E-state index in [1.54, 1.807) is 11.8 Å². The molecule has 0 spiro atoms. The van der Waals surface area contributed by atoms with E-state index in [4.69, 9.17) is 19.4 Å². The van der Waals surface area contributed by atoms with Gasteiger partial charge in [-0.25, -0.2) is 9.97 Å². The molecule has 3 heterocycles. The van der Waals surface area contributed by atoms with E-state index in [0.29, 0.717) is 6.10 Å². The van der Waals surface area contributed by atoms with Crippen LogP contribution < -0.4 is 0 Å². The highest BCUT2D eigenvalue weighted by Crippen LogP contribution is 2.28. The van der Waals surface area contributed by atoms with Gasteiger partial charge in [0.25, 0.3) is 0 Å². The first-order chi connectivity index (χ1) is 11.9. The van der Waals surface area contributed by atoms with Crippen molar-refractivity contribution in [3.05, 3.63) is 30.1 Å². The van der Waals surface area contributed by atoms with Crippen molar-refractivity contribution in [1.29, 1.82) is 0 Å². The van der Waals surface area contributed by atoms with Gasteiger partial charge in [-0.15, -0.1) is 11.8 Å². The van der Waals surface area contributed by atoms with Crippen LogP contribution in [0.15, 0.2) is 29.3 Å². The maximum Gasteiger partial charge on any atom is 0.144 e. The smallest absolute Gasteiger partial charge is 0.144 e. The third kappa shape index (κ3) is 3.88. The van der Waals surface area contributed by atoms with Crippen LogP contribution in [-0.4, -0.2) is 59.6 Å². The zero-order valence-corrected chi connectivity index (χ0v) is 14.6. The van der Waals surface area contributed by atoms with E-state index in [2.05, 4.69) is 23.1 Å². The second-order valence-electron chi connectivity index (χ2n) is 6.30. The fourth-order valence-electron chi connectivity index (χ4n) is 3.18. The largest absolute Gasteiger partial charge is 0.379 e. The molecule has 0 saturated carbocycles. The number of thioether (sulfide) groups is 1. The predicted molar refractivity (Wildman–Crippen MR) is 95.3 cm³/mol. The van der Waals surface area contributed by atoms with Gasteiger partial charge in [0.05, 0.1) is 31.4 Å². The standard InChI is InChI=1S/C18H23N3O2S/c1-2-6-16-15(5-1)18(24-13-14-4-3-9-23-14)20-17(19-16)12-21-7-10-22-11-8-21/h1-2,5-6,14H,3-4,7-13H2. The van der Waals surface area contributed by atoms with E-state index in [0.717, 1.165) is 73.4 Å². The Bertz CT molecular complexity index is 685. The molecule has 0 bridgehead atoms. The number of aromatic nitrogens is 2. The van der Waals surface area contributed by atoms with Crippen LogP contribution in [0, 0.1) is 0 Å². The lowest BCUT2D eigenvalue weighted by molar-refractivity contribution is 0.0330. The highest BCUT2D eigenvalue weighted by molar-refractivity contribution is 7.99. The van der Waals surface area contributed by atoms with Gasteiger partial charge < -0.3 is 9.47 Å². The van der Waals surface area contributed by atoms with Crippen molar-refractivity contribution >= 4 is 22.7 Å². The summed E-state index contributed by atoms with van der Waals surface area (Å²) in [5.41, 5.74) is 1.03. The Balaban J connectivity index is 1.55. The second kappa shape index (κ2) is 7.78. The molecule has 0 N–H and O–H groups in total. The molecule has 6 heteroatoms. The van der Waals surface area contributed by atoms with Gasteiger partial charge in [0.15, 0.2) is 0 Å². The van der Waals surface area contributed by atoms with Crippen molar-refractivity contribution < 1.29 is 9.47 Å². The minimum atomic E-state index is 0.367. The van der Waals surface area contributed by atoms with Crippen LogP contribution in [0.4, 0.5) is 0 Å². The minimum absolute atomic E-state index is 0.367. The average Bonchev–Trinajstić information content (AvgIpc) is 3.14. The second-order valence-corrected chi connectivity index (χ2v) is 7.31. The lowest BCUT2D eigenvalue weighted by Gasteiger charge is -2.26. The van der Waals surface area contributed by atoms with Crippen LogP contribution in [0.25, 0.3) is 10.9 Å². The Morgan fingerprint density at radius 2 is 2.00 bits per heavy atom. The number of ether oxygens (including phenoxy) is 2. The molecule has 0 aliphatic carbocycles. The molecular weight excluding hydrogens is 322 g/mol. The molecule has 1 aromatic carbocycles. The van der Waals surface area contributed by atoms with E-state index in [-0.39, 0.29) is 0 Å². The molecule has 1 unspecified atom stereocenters. The minimum Gasteiger partial charge on any atom is -0.379 e. The quantitative estimate of drug-likeness (QED) is 0.613. The van der Waals surface area contributed by atoms with Crippen molar-refractivity contribution in [2.45, 2.75) is 30.5 Å². The van der Waals surface area contributed by atoms with Gasteiger partial charge in [0.1, 0.15) is 10.9 Å². The van der Waals surface area contributed by atoms with E-state index < -0.39 is 0 Å². The lowest BCUT2D eigenvalue weighted by atomic mass is 10.2. The van der Waals surface area contributed by atoms with Crippen LogP contribution in [0.3, 0.4) is 0 Å². The third-order valence-electron chi connectivity index (χ3n) is 4.51. The normalized spacial score (nSPS) is 22.2. The summed E-state index contributed by atoms with van der Waals surface area (Å²) in [7, 11) is 0. The highest BCUT2D eigenvalue weighted by atomic mass is 32.2. The van der Waals surface area contributed by atoms with Crippen molar-refractivity contribution in [3.8, 4) is 0 Å². The summed E-state index contributed by atoms with van der Waals surface area (Å²) in [5, 5.41) is 2.23. The summed E-state index contributed by atoms with van der Waals surface area (Å²) >= 11 is 1.80. The number of nitrogens with zero attached hydrogens (tertiary/aromatic N) is 3. The SMILES string of the molecule is c1ccc2c(SCC3CCCO3)nc(CN3CCOCC3)nc2c1. The first-order valence-electron chi connectivity index (χ1n) is 8.69. The zero-order chi connectivity index (χ0) is 16.2. The van der Waals surface area contributed by atoms with Crippen molar-refractivity contribution in [2.75, 3.05) is 38.7 Å². The number of rotatable bonds is 5. The molecule has 1 aromatic heterocycles. The summed E-state index contributed by atoms with van der Waals surface area (Å²) < 4.78 is 11.2. The molecule has 0 radical (unpaired) electrons. The van der Waals surface area contributed by atoms with Crippen LogP contribution in [0.5, 0.6) is 0 Å². The number of hydrogen-bond donors (Lipinski definition) is 0. The van der Waals surface area contributed by atoms with Gasteiger partial charge in [-0.05, 0) is 18.9 Å². The Kier molecular flexibility index (Phi) is 5.27. The van der Waals surface area contributed by atoms with Crippen LogP contribution in [-0.2, 0) is 16.0 Å².